The fourth-order valence-electron chi connectivity index (χ4n) is 3.61. The molecule has 6 nitrogen and oxygen atoms in total. The topological polar surface area (TPSA) is 69.7 Å². The van der Waals surface area contributed by atoms with Gasteiger partial charge in [0.1, 0.15) is 0 Å². The Labute approximate surface area is 179 Å². The Hall–Kier alpha value is -2.38. The number of piperidine rings is 1. The fraction of sp³-hybridized carbons (Fsp3) is 0.435. The van der Waals surface area contributed by atoms with E-state index in [-0.39, 0.29) is 16.8 Å². The Balaban J connectivity index is 1.67. The lowest BCUT2D eigenvalue weighted by atomic mass is 9.98. The number of carbonyl (C=O) groups is 1. The van der Waals surface area contributed by atoms with Crippen LogP contribution in [0.1, 0.15) is 48.7 Å². The number of anilines is 1. The summed E-state index contributed by atoms with van der Waals surface area (Å²) >= 11 is 0. The largest absolute Gasteiger partial charge is 0.372 e. The van der Waals surface area contributed by atoms with Crippen LogP contribution in [0.25, 0.3) is 0 Å². The maximum absolute atomic E-state index is 12.7. The van der Waals surface area contributed by atoms with Gasteiger partial charge in [-0.2, -0.15) is 0 Å². The number of nitrogens with one attached hydrogen (secondary N) is 1. The Morgan fingerprint density at radius 3 is 2.33 bits per heavy atom. The van der Waals surface area contributed by atoms with Crippen molar-refractivity contribution in [2.24, 2.45) is 5.92 Å². The van der Waals surface area contributed by atoms with E-state index in [1.165, 1.54) is 44.8 Å². The maximum atomic E-state index is 12.7. The summed E-state index contributed by atoms with van der Waals surface area (Å²) in [6.07, 6.45) is 2.44. The summed E-state index contributed by atoms with van der Waals surface area (Å²) in [5.41, 5.74) is 2.55. The number of sulfonamides is 1. The number of benzene rings is 2. The zero-order valence-corrected chi connectivity index (χ0v) is 18.9. The lowest BCUT2D eigenvalue weighted by Crippen LogP contribution is -2.32. The van der Waals surface area contributed by atoms with Crippen LogP contribution in [0, 0.1) is 5.92 Å². The first-order valence-electron chi connectivity index (χ1n) is 10.4. The van der Waals surface area contributed by atoms with Gasteiger partial charge >= 0.3 is 0 Å². The van der Waals surface area contributed by atoms with Gasteiger partial charge in [-0.25, -0.2) is 12.7 Å². The lowest BCUT2D eigenvalue weighted by Gasteiger charge is -2.32. The molecule has 0 spiro atoms. The van der Waals surface area contributed by atoms with Gasteiger partial charge in [0.15, 0.2) is 0 Å². The molecule has 2 aromatic carbocycles. The van der Waals surface area contributed by atoms with E-state index in [2.05, 4.69) is 29.3 Å². The average Bonchev–Trinajstić information content (AvgIpc) is 2.74. The van der Waals surface area contributed by atoms with Crippen molar-refractivity contribution in [1.82, 2.24) is 9.62 Å². The van der Waals surface area contributed by atoms with Crippen LogP contribution in [-0.4, -0.2) is 45.8 Å². The second-order valence-electron chi connectivity index (χ2n) is 8.27. The van der Waals surface area contributed by atoms with Crippen LogP contribution < -0.4 is 10.2 Å². The molecule has 0 saturated carbocycles. The van der Waals surface area contributed by atoms with E-state index in [4.69, 9.17) is 0 Å². The minimum absolute atomic E-state index is 0.105. The second kappa shape index (κ2) is 9.18. The standard InChI is InChI=1S/C23H31N3O3S/c1-17-12-14-26(15-13-17)21-10-8-19(9-11-21)18(2)24-23(27)20-6-5-7-22(16-20)30(28,29)25(3)4/h5-11,16-18H,12-15H2,1-4H3,(H,24,27)/t18-/m1/s1. The zero-order valence-electron chi connectivity index (χ0n) is 18.1. The smallest absolute Gasteiger partial charge is 0.251 e. The summed E-state index contributed by atoms with van der Waals surface area (Å²) < 4.78 is 25.8. The van der Waals surface area contributed by atoms with Crippen molar-refractivity contribution in [3.8, 4) is 0 Å². The van der Waals surface area contributed by atoms with Crippen LogP contribution in [0.5, 0.6) is 0 Å². The second-order valence-corrected chi connectivity index (χ2v) is 10.4. The van der Waals surface area contributed by atoms with Gasteiger partial charge in [0.25, 0.3) is 5.91 Å². The van der Waals surface area contributed by atoms with E-state index < -0.39 is 10.0 Å². The quantitative estimate of drug-likeness (QED) is 0.761. The van der Waals surface area contributed by atoms with Crippen molar-refractivity contribution in [3.63, 3.8) is 0 Å². The molecule has 7 heteroatoms. The van der Waals surface area contributed by atoms with Crippen molar-refractivity contribution in [3.05, 3.63) is 59.7 Å². The minimum Gasteiger partial charge on any atom is -0.372 e. The number of nitrogens with zero attached hydrogens (tertiary/aromatic N) is 2. The molecule has 1 atom stereocenters. The van der Waals surface area contributed by atoms with E-state index >= 15 is 0 Å². The molecule has 1 aliphatic heterocycles. The highest BCUT2D eigenvalue weighted by molar-refractivity contribution is 7.89. The van der Waals surface area contributed by atoms with E-state index in [0.717, 1.165) is 28.9 Å². The molecule has 1 heterocycles. The maximum Gasteiger partial charge on any atom is 0.251 e. The van der Waals surface area contributed by atoms with Crippen LogP contribution >= 0.6 is 0 Å². The molecule has 1 aliphatic rings. The highest BCUT2D eigenvalue weighted by Gasteiger charge is 2.20. The molecule has 3 rings (SSSR count). The molecule has 0 aliphatic carbocycles. The monoisotopic (exact) mass is 429 g/mol. The van der Waals surface area contributed by atoms with E-state index in [0.29, 0.717) is 5.56 Å². The molecule has 0 aromatic heterocycles. The van der Waals surface area contributed by atoms with Gasteiger partial charge in [-0.15, -0.1) is 0 Å². The molecule has 1 saturated heterocycles. The molecule has 162 valence electrons. The van der Waals surface area contributed by atoms with Crippen LogP contribution in [0.2, 0.25) is 0 Å². The van der Waals surface area contributed by atoms with Gasteiger partial charge in [-0.3, -0.25) is 4.79 Å². The van der Waals surface area contributed by atoms with Gasteiger partial charge in [0, 0.05) is 38.4 Å². The molecule has 30 heavy (non-hydrogen) atoms. The van der Waals surface area contributed by atoms with Crippen LogP contribution in [0.3, 0.4) is 0 Å². The number of rotatable bonds is 6. The number of carbonyl (C=O) groups excluding carboxylic acids is 1. The first kappa shape index (κ1) is 22.3. The Bertz CT molecular complexity index is 979. The SMILES string of the molecule is CC1CCN(c2ccc([C@@H](C)NC(=O)c3cccc(S(=O)(=O)N(C)C)c3)cc2)CC1. The summed E-state index contributed by atoms with van der Waals surface area (Å²) in [4.78, 5) is 15.2. The van der Waals surface area contributed by atoms with Crippen molar-refractivity contribution >= 4 is 21.6 Å². The third kappa shape index (κ3) is 5.02. The third-order valence-corrected chi connectivity index (χ3v) is 7.58. The average molecular weight is 430 g/mol. The molecule has 0 unspecified atom stereocenters. The van der Waals surface area contributed by atoms with Crippen LogP contribution in [0.15, 0.2) is 53.4 Å². The summed E-state index contributed by atoms with van der Waals surface area (Å²) in [5.74, 6) is 0.495. The van der Waals surface area contributed by atoms with Crippen LogP contribution in [-0.2, 0) is 10.0 Å². The lowest BCUT2D eigenvalue weighted by molar-refractivity contribution is 0.0939. The summed E-state index contributed by atoms with van der Waals surface area (Å²) in [5, 5.41) is 2.96. The molecule has 1 amide bonds. The number of hydrogen-bond acceptors (Lipinski definition) is 4. The molecule has 1 fully saturated rings. The first-order valence-corrected chi connectivity index (χ1v) is 11.8. The van der Waals surface area contributed by atoms with E-state index in [1.807, 2.05) is 19.1 Å². The van der Waals surface area contributed by atoms with Gasteiger partial charge in [0.2, 0.25) is 10.0 Å². The fourth-order valence-corrected chi connectivity index (χ4v) is 4.56. The predicted octanol–water partition coefficient (Wildman–Crippen LogP) is 3.66. The molecule has 1 N–H and O–H groups in total. The number of hydrogen-bond donors (Lipinski definition) is 1. The van der Waals surface area contributed by atoms with Crippen molar-refractivity contribution in [1.29, 1.82) is 0 Å². The van der Waals surface area contributed by atoms with Crippen molar-refractivity contribution < 1.29 is 13.2 Å². The first-order chi connectivity index (χ1) is 14.2. The molecule has 0 bridgehead atoms. The highest BCUT2D eigenvalue weighted by atomic mass is 32.2. The minimum atomic E-state index is -3.58. The van der Waals surface area contributed by atoms with Gasteiger partial charge in [-0.1, -0.05) is 25.1 Å². The van der Waals surface area contributed by atoms with E-state index in [9.17, 15) is 13.2 Å². The third-order valence-electron chi connectivity index (χ3n) is 5.76. The van der Waals surface area contributed by atoms with Crippen molar-refractivity contribution in [2.75, 3.05) is 32.1 Å². The summed E-state index contributed by atoms with van der Waals surface area (Å²) in [6, 6.07) is 14.2. The summed E-state index contributed by atoms with van der Waals surface area (Å²) in [7, 11) is -0.643. The highest BCUT2D eigenvalue weighted by Crippen LogP contribution is 2.25. The van der Waals surface area contributed by atoms with Crippen LogP contribution in [0.4, 0.5) is 5.69 Å². The Morgan fingerprint density at radius 1 is 1.10 bits per heavy atom. The predicted molar refractivity (Wildman–Crippen MR) is 120 cm³/mol. The Morgan fingerprint density at radius 2 is 1.73 bits per heavy atom. The molecule has 2 aromatic rings. The van der Waals surface area contributed by atoms with Gasteiger partial charge in [-0.05, 0) is 61.6 Å². The van der Waals surface area contributed by atoms with Gasteiger partial charge in [0.05, 0.1) is 10.9 Å². The molecular formula is C23H31N3O3S. The molecular weight excluding hydrogens is 398 g/mol. The number of amides is 1. The Kier molecular flexibility index (Phi) is 6.83. The summed E-state index contributed by atoms with van der Waals surface area (Å²) in [6.45, 7) is 6.39. The van der Waals surface area contributed by atoms with Crippen molar-refractivity contribution in [2.45, 2.75) is 37.6 Å². The normalized spacial score (nSPS) is 16.5. The van der Waals surface area contributed by atoms with Gasteiger partial charge < -0.3 is 10.2 Å². The molecule has 0 radical (unpaired) electrons. The van der Waals surface area contributed by atoms with E-state index in [1.54, 1.807) is 12.1 Å². The zero-order chi connectivity index (χ0) is 21.9.